The van der Waals surface area contributed by atoms with Crippen LogP contribution in [-0.4, -0.2) is 39.4 Å². The van der Waals surface area contributed by atoms with Crippen molar-refractivity contribution in [2.24, 2.45) is 0 Å². The molecule has 0 atom stereocenters. The number of carbonyl (C=O) groups is 2. The number of hydrogen-bond donors (Lipinski definition) is 5. The maximum Gasteiger partial charge on any atom is 0.303 e. The van der Waals surface area contributed by atoms with Crippen molar-refractivity contribution in [3.63, 3.8) is 0 Å². The van der Waals surface area contributed by atoms with Gasteiger partial charge in [0, 0.05) is 16.3 Å². The Morgan fingerprint density at radius 2 is 1.58 bits per heavy atom. The van der Waals surface area contributed by atoms with Crippen LogP contribution in [0.3, 0.4) is 0 Å². The molecule has 2 rings (SSSR count). The van der Waals surface area contributed by atoms with Crippen LogP contribution >= 0.6 is 11.8 Å². The summed E-state index contributed by atoms with van der Waals surface area (Å²) < 4.78 is 0. The average molecular weight is 379 g/mol. The number of aromatic hydroxyl groups is 2. The molecule has 7 nitrogen and oxygen atoms in total. The molecule has 140 valence electrons. The molecule has 5 N–H and O–H groups in total. The summed E-state index contributed by atoms with van der Waals surface area (Å²) in [6.07, 6.45) is -0.593. The molecule has 0 heterocycles. The lowest BCUT2D eigenvalue weighted by molar-refractivity contribution is -0.143. The first kappa shape index (κ1) is 21.3. The monoisotopic (exact) mass is 379 g/mol. The Morgan fingerprint density at radius 3 is 2.12 bits per heavy atom. The zero-order valence-corrected chi connectivity index (χ0v) is 15.0. The molecule has 2 aromatic rings. The highest BCUT2D eigenvalue weighted by atomic mass is 32.2. The third-order valence-electron chi connectivity index (χ3n) is 3.07. The van der Waals surface area contributed by atoms with E-state index in [1.165, 1.54) is 11.6 Å². The molecule has 0 saturated carbocycles. The van der Waals surface area contributed by atoms with E-state index in [4.69, 9.17) is 10.2 Å². The number of phenols is 2. The molecule has 2 aromatic carbocycles. The van der Waals surface area contributed by atoms with Gasteiger partial charge in [-0.2, -0.15) is 0 Å². The second-order valence-electron chi connectivity index (χ2n) is 5.18. The van der Waals surface area contributed by atoms with Gasteiger partial charge in [0.2, 0.25) is 0 Å². The Hall–Kier alpha value is -2.71. The third kappa shape index (κ3) is 7.91. The van der Waals surface area contributed by atoms with Crippen LogP contribution in [0.15, 0.2) is 52.3 Å². The SMILES string of the molecule is CNCc1ccccc1Sc1ccc(O)c(O)c1.O=C(O)CCC(=O)O. The van der Waals surface area contributed by atoms with Gasteiger partial charge < -0.3 is 25.7 Å². The summed E-state index contributed by atoms with van der Waals surface area (Å²) >= 11 is 1.57. The maximum absolute atomic E-state index is 9.64. The van der Waals surface area contributed by atoms with E-state index in [-0.39, 0.29) is 24.3 Å². The largest absolute Gasteiger partial charge is 0.504 e. The summed E-state index contributed by atoms with van der Waals surface area (Å²) in [6, 6.07) is 13.0. The molecule has 0 aliphatic carbocycles. The highest BCUT2D eigenvalue weighted by Gasteiger charge is 2.06. The minimum atomic E-state index is -1.08. The molecule has 0 bridgehead atoms. The number of carboxylic acid groups (broad SMARTS) is 2. The zero-order chi connectivity index (χ0) is 19.5. The van der Waals surface area contributed by atoms with Gasteiger partial charge in [0.05, 0.1) is 12.8 Å². The summed E-state index contributed by atoms with van der Waals surface area (Å²) in [5.74, 6) is -2.34. The quantitative estimate of drug-likeness (QED) is 0.465. The lowest BCUT2D eigenvalue weighted by Crippen LogP contribution is -2.05. The normalized spacial score (nSPS) is 9.88. The fourth-order valence-corrected chi connectivity index (χ4v) is 2.83. The van der Waals surface area contributed by atoms with Gasteiger partial charge in [-0.3, -0.25) is 9.59 Å². The van der Waals surface area contributed by atoms with E-state index < -0.39 is 11.9 Å². The molecule has 0 radical (unpaired) electrons. The topological polar surface area (TPSA) is 127 Å². The van der Waals surface area contributed by atoms with E-state index >= 15 is 0 Å². The molecular formula is C18H21NO6S. The standard InChI is InChI=1S/C14H15NO2S.C4H6O4/c1-15-9-10-4-2-3-5-14(10)18-11-6-7-12(16)13(17)8-11;5-3(6)1-2-4(7)8/h2-8,15-17H,9H2,1H3;1-2H2,(H,5,6)(H,7,8). The van der Waals surface area contributed by atoms with Crippen molar-refractivity contribution < 1.29 is 30.0 Å². The van der Waals surface area contributed by atoms with Crippen LogP contribution in [0.2, 0.25) is 0 Å². The lowest BCUT2D eigenvalue weighted by Gasteiger charge is -2.09. The highest BCUT2D eigenvalue weighted by Crippen LogP contribution is 2.35. The summed E-state index contributed by atoms with van der Waals surface area (Å²) in [5, 5.41) is 37.7. The van der Waals surface area contributed by atoms with Crippen molar-refractivity contribution in [1.82, 2.24) is 5.32 Å². The number of rotatable bonds is 7. The molecule has 8 heteroatoms. The molecule has 0 saturated heterocycles. The second kappa shape index (κ2) is 11.0. The Bertz CT molecular complexity index is 736. The fourth-order valence-electron chi connectivity index (χ4n) is 1.85. The van der Waals surface area contributed by atoms with Gasteiger partial charge in [-0.05, 0) is 36.9 Å². The molecule has 0 spiro atoms. The number of hydrogen-bond acceptors (Lipinski definition) is 6. The van der Waals surface area contributed by atoms with Gasteiger partial charge >= 0.3 is 11.9 Å². The van der Waals surface area contributed by atoms with Crippen molar-refractivity contribution in [3.05, 3.63) is 48.0 Å². The third-order valence-corrected chi connectivity index (χ3v) is 4.18. The molecule has 0 aliphatic rings. The predicted molar refractivity (Wildman–Crippen MR) is 97.6 cm³/mol. The van der Waals surface area contributed by atoms with Crippen molar-refractivity contribution in [2.75, 3.05) is 7.05 Å². The second-order valence-corrected chi connectivity index (χ2v) is 6.29. The van der Waals surface area contributed by atoms with E-state index in [1.807, 2.05) is 25.2 Å². The minimum Gasteiger partial charge on any atom is -0.504 e. The first-order chi connectivity index (χ1) is 12.3. The first-order valence-corrected chi connectivity index (χ1v) is 8.51. The number of phenolic OH excluding ortho intramolecular Hbond substituents is 2. The van der Waals surface area contributed by atoms with Crippen LogP contribution in [0, 0.1) is 0 Å². The molecule has 26 heavy (non-hydrogen) atoms. The number of nitrogens with one attached hydrogen (secondary N) is 1. The average Bonchev–Trinajstić information content (AvgIpc) is 2.59. The molecule has 0 aliphatic heterocycles. The van der Waals surface area contributed by atoms with Crippen molar-refractivity contribution in [1.29, 1.82) is 0 Å². The van der Waals surface area contributed by atoms with Crippen LogP contribution in [0.1, 0.15) is 18.4 Å². The van der Waals surface area contributed by atoms with Gasteiger partial charge in [-0.15, -0.1) is 0 Å². The van der Waals surface area contributed by atoms with Gasteiger partial charge in [0.1, 0.15) is 0 Å². The van der Waals surface area contributed by atoms with Crippen LogP contribution in [0.4, 0.5) is 0 Å². The Labute approximate surface area is 155 Å². The lowest BCUT2D eigenvalue weighted by atomic mass is 10.2. The predicted octanol–water partition coefficient (Wildman–Crippen LogP) is 2.90. The summed E-state index contributed by atoms with van der Waals surface area (Å²) in [5.41, 5.74) is 1.21. The Kier molecular flexibility index (Phi) is 9.04. The zero-order valence-electron chi connectivity index (χ0n) is 14.2. The van der Waals surface area contributed by atoms with E-state index in [9.17, 15) is 19.8 Å². The fraction of sp³-hybridized carbons (Fsp3) is 0.222. The van der Waals surface area contributed by atoms with Crippen molar-refractivity contribution >= 4 is 23.7 Å². The smallest absolute Gasteiger partial charge is 0.303 e. The van der Waals surface area contributed by atoms with Crippen LogP contribution in [0.25, 0.3) is 0 Å². The van der Waals surface area contributed by atoms with E-state index in [2.05, 4.69) is 11.4 Å². The molecule has 0 aromatic heterocycles. The Morgan fingerprint density at radius 1 is 0.962 bits per heavy atom. The maximum atomic E-state index is 9.64. The van der Waals surface area contributed by atoms with Crippen LogP contribution < -0.4 is 5.32 Å². The van der Waals surface area contributed by atoms with Crippen LogP contribution in [0.5, 0.6) is 11.5 Å². The molecule has 0 amide bonds. The van der Waals surface area contributed by atoms with E-state index in [0.29, 0.717) is 0 Å². The van der Waals surface area contributed by atoms with Gasteiger partial charge in [-0.25, -0.2) is 0 Å². The number of benzene rings is 2. The first-order valence-electron chi connectivity index (χ1n) is 7.69. The molecule has 0 fully saturated rings. The van der Waals surface area contributed by atoms with Gasteiger partial charge in [-0.1, -0.05) is 30.0 Å². The summed E-state index contributed by atoms with van der Waals surface area (Å²) in [4.78, 5) is 21.3. The Balaban J connectivity index is 0.000000359. The van der Waals surface area contributed by atoms with Crippen molar-refractivity contribution in [3.8, 4) is 11.5 Å². The summed E-state index contributed by atoms with van der Waals surface area (Å²) in [6.45, 7) is 0.799. The van der Waals surface area contributed by atoms with Gasteiger partial charge in [0.15, 0.2) is 11.5 Å². The van der Waals surface area contributed by atoms with Crippen LogP contribution in [-0.2, 0) is 16.1 Å². The molecular weight excluding hydrogens is 358 g/mol. The van der Waals surface area contributed by atoms with E-state index in [0.717, 1.165) is 16.3 Å². The van der Waals surface area contributed by atoms with Gasteiger partial charge in [0.25, 0.3) is 0 Å². The van der Waals surface area contributed by atoms with E-state index in [1.54, 1.807) is 23.9 Å². The number of carboxylic acids is 2. The molecule has 0 unspecified atom stereocenters. The highest BCUT2D eigenvalue weighted by molar-refractivity contribution is 7.99. The van der Waals surface area contributed by atoms with Crippen molar-refractivity contribution in [2.45, 2.75) is 29.2 Å². The summed E-state index contributed by atoms with van der Waals surface area (Å²) in [7, 11) is 1.91. The minimum absolute atomic E-state index is 0.0916. The number of aliphatic carboxylic acids is 2.